The molecule has 3 heteroatoms. The quantitative estimate of drug-likeness (QED) is 0.593. The molecule has 0 saturated carbocycles. The van der Waals surface area contributed by atoms with Crippen molar-refractivity contribution < 1.29 is 5.11 Å². The molecule has 0 spiro atoms. The summed E-state index contributed by atoms with van der Waals surface area (Å²) in [4.78, 5) is 0. The normalized spacial score (nSPS) is 15.4. The minimum Gasteiger partial charge on any atom is -0.399 e. The zero-order valence-corrected chi connectivity index (χ0v) is 7.99. The molecule has 13 heavy (non-hydrogen) atoms. The Hall–Kier alpha value is -1.06. The van der Waals surface area contributed by atoms with Gasteiger partial charge >= 0.3 is 0 Å². The molecule has 0 radical (unpaired) electrons. The van der Waals surface area contributed by atoms with Crippen LogP contribution in [0.4, 0.5) is 5.69 Å². The summed E-state index contributed by atoms with van der Waals surface area (Å²) in [5, 5.41) is 9.29. The summed E-state index contributed by atoms with van der Waals surface area (Å²) >= 11 is 0. The maximum Gasteiger partial charge on any atom is 0.0704 e. The standard InChI is InChI=1S/C10H16N2O/c1-6-3-8(5-9(11)4-6)10(12)7(2)13/h3-5,7,10,13H,11-12H2,1-2H3/t7-,10+/m0/s1. The number of hydrogen-bond donors (Lipinski definition) is 3. The average Bonchev–Trinajstić information content (AvgIpc) is 2.01. The average molecular weight is 180 g/mol. The van der Waals surface area contributed by atoms with Crippen molar-refractivity contribution in [3.8, 4) is 0 Å². The van der Waals surface area contributed by atoms with Crippen molar-refractivity contribution in [1.82, 2.24) is 0 Å². The molecule has 0 heterocycles. The van der Waals surface area contributed by atoms with Gasteiger partial charge in [-0.05, 0) is 37.1 Å². The van der Waals surface area contributed by atoms with E-state index in [-0.39, 0.29) is 6.04 Å². The number of rotatable bonds is 2. The van der Waals surface area contributed by atoms with E-state index < -0.39 is 6.10 Å². The van der Waals surface area contributed by atoms with Crippen molar-refractivity contribution >= 4 is 5.69 Å². The van der Waals surface area contributed by atoms with Crippen LogP contribution in [0.5, 0.6) is 0 Å². The Morgan fingerprint density at radius 2 is 1.92 bits per heavy atom. The number of anilines is 1. The zero-order valence-electron chi connectivity index (χ0n) is 7.99. The second kappa shape index (κ2) is 3.77. The van der Waals surface area contributed by atoms with Crippen LogP contribution in [-0.4, -0.2) is 11.2 Å². The second-order valence-corrected chi connectivity index (χ2v) is 3.44. The SMILES string of the molecule is Cc1cc(N)cc([C@H](N)[C@H](C)O)c1. The van der Waals surface area contributed by atoms with Crippen LogP contribution in [0.2, 0.25) is 0 Å². The van der Waals surface area contributed by atoms with Crippen molar-refractivity contribution in [2.75, 3.05) is 5.73 Å². The Balaban J connectivity index is 3.01. The largest absolute Gasteiger partial charge is 0.399 e. The van der Waals surface area contributed by atoms with E-state index in [2.05, 4.69) is 0 Å². The summed E-state index contributed by atoms with van der Waals surface area (Å²) < 4.78 is 0. The van der Waals surface area contributed by atoms with Gasteiger partial charge < -0.3 is 16.6 Å². The fraction of sp³-hybridized carbons (Fsp3) is 0.400. The van der Waals surface area contributed by atoms with Gasteiger partial charge in [0.1, 0.15) is 0 Å². The Kier molecular flexibility index (Phi) is 2.90. The topological polar surface area (TPSA) is 72.3 Å². The highest BCUT2D eigenvalue weighted by Gasteiger charge is 2.12. The maximum atomic E-state index is 9.29. The molecule has 3 nitrogen and oxygen atoms in total. The molecule has 0 unspecified atom stereocenters. The van der Waals surface area contributed by atoms with Gasteiger partial charge in [0.2, 0.25) is 0 Å². The molecule has 5 N–H and O–H groups in total. The lowest BCUT2D eigenvalue weighted by molar-refractivity contribution is 0.164. The molecule has 0 aromatic heterocycles. The summed E-state index contributed by atoms with van der Waals surface area (Å²) in [6, 6.07) is 5.25. The van der Waals surface area contributed by atoms with Crippen LogP contribution in [0, 0.1) is 6.92 Å². The number of nitrogen functional groups attached to an aromatic ring is 1. The minimum atomic E-state index is -0.554. The monoisotopic (exact) mass is 180 g/mol. The lowest BCUT2D eigenvalue weighted by Crippen LogP contribution is -2.23. The number of hydrogen-bond acceptors (Lipinski definition) is 3. The molecule has 0 aliphatic carbocycles. The van der Waals surface area contributed by atoms with Gasteiger partial charge in [0.15, 0.2) is 0 Å². The fourth-order valence-electron chi connectivity index (χ4n) is 1.31. The Morgan fingerprint density at radius 3 is 2.38 bits per heavy atom. The van der Waals surface area contributed by atoms with Gasteiger partial charge in [-0.2, -0.15) is 0 Å². The van der Waals surface area contributed by atoms with Crippen LogP contribution < -0.4 is 11.5 Å². The molecule has 1 aromatic carbocycles. The predicted molar refractivity (Wildman–Crippen MR) is 54.2 cm³/mol. The Labute approximate surface area is 78.4 Å². The maximum absolute atomic E-state index is 9.29. The molecule has 0 aliphatic heterocycles. The molecule has 0 fully saturated rings. The number of benzene rings is 1. The van der Waals surface area contributed by atoms with Crippen molar-refractivity contribution in [3.63, 3.8) is 0 Å². The van der Waals surface area contributed by atoms with E-state index in [0.29, 0.717) is 5.69 Å². The summed E-state index contributed by atoms with van der Waals surface area (Å²) in [5.41, 5.74) is 14.1. The van der Waals surface area contributed by atoms with Crippen LogP contribution in [0.3, 0.4) is 0 Å². The first-order chi connectivity index (χ1) is 6.00. The van der Waals surface area contributed by atoms with Gasteiger partial charge in [0.05, 0.1) is 12.1 Å². The van der Waals surface area contributed by atoms with Crippen LogP contribution in [0.1, 0.15) is 24.1 Å². The number of aliphatic hydroxyl groups excluding tert-OH is 1. The van der Waals surface area contributed by atoms with E-state index in [0.717, 1.165) is 11.1 Å². The lowest BCUT2D eigenvalue weighted by Gasteiger charge is -2.16. The predicted octanol–water partition coefficient (Wildman–Crippen LogP) is 0.958. The Morgan fingerprint density at radius 1 is 1.31 bits per heavy atom. The summed E-state index contributed by atoms with van der Waals surface area (Å²) in [6.07, 6.45) is -0.554. The van der Waals surface area contributed by atoms with Crippen molar-refractivity contribution in [2.24, 2.45) is 5.73 Å². The molecule has 0 amide bonds. The van der Waals surface area contributed by atoms with Crippen LogP contribution in [0.25, 0.3) is 0 Å². The molecule has 0 aliphatic rings. The van der Waals surface area contributed by atoms with Crippen molar-refractivity contribution in [1.29, 1.82) is 0 Å². The summed E-state index contributed by atoms with van der Waals surface area (Å²) in [7, 11) is 0. The van der Waals surface area contributed by atoms with Gasteiger partial charge in [-0.3, -0.25) is 0 Å². The van der Waals surface area contributed by atoms with E-state index in [4.69, 9.17) is 11.5 Å². The third-order valence-electron chi connectivity index (χ3n) is 2.03. The molecule has 0 saturated heterocycles. The molecule has 1 aromatic rings. The van der Waals surface area contributed by atoms with Gasteiger partial charge in [-0.25, -0.2) is 0 Å². The van der Waals surface area contributed by atoms with E-state index in [1.807, 2.05) is 19.1 Å². The molecule has 72 valence electrons. The number of aliphatic hydroxyl groups is 1. The second-order valence-electron chi connectivity index (χ2n) is 3.44. The first-order valence-corrected chi connectivity index (χ1v) is 4.31. The minimum absolute atomic E-state index is 0.359. The van der Waals surface area contributed by atoms with Crippen LogP contribution in [-0.2, 0) is 0 Å². The van der Waals surface area contributed by atoms with Crippen LogP contribution in [0.15, 0.2) is 18.2 Å². The van der Waals surface area contributed by atoms with Crippen LogP contribution >= 0.6 is 0 Å². The van der Waals surface area contributed by atoms with E-state index >= 15 is 0 Å². The fourth-order valence-corrected chi connectivity index (χ4v) is 1.31. The van der Waals surface area contributed by atoms with E-state index in [1.165, 1.54) is 0 Å². The third-order valence-corrected chi connectivity index (χ3v) is 2.03. The highest BCUT2D eigenvalue weighted by molar-refractivity contribution is 5.45. The highest BCUT2D eigenvalue weighted by atomic mass is 16.3. The van der Waals surface area contributed by atoms with Gasteiger partial charge in [-0.15, -0.1) is 0 Å². The van der Waals surface area contributed by atoms with Gasteiger partial charge in [0, 0.05) is 5.69 Å². The van der Waals surface area contributed by atoms with Crippen molar-refractivity contribution in [3.05, 3.63) is 29.3 Å². The molecule has 0 bridgehead atoms. The highest BCUT2D eigenvalue weighted by Crippen LogP contribution is 2.18. The third kappa shape index (κ3) is 2.44. The van der Waals surface area contributed by atoms with E-state index in [9.17, 15) is 5.11 Å². The number of nitrogens with two attached hydrogens (primary N) is 2. The zero-order chi connectivity index (χ0) is 10.0. The lowest BCUT2D eigenvalue weighted by atomic mass is 10.0. The van der Waals surface area contributed by atoms with Gasteiger partial charge in [0.25, 0.3) is 0 Å². The summed E-state index contributed by atoms with van der Waals surface area (Å²) in [6.45, 7) is 3.62. The number of aryl methyl sites for hydroxylation is 1. The Bertz CT molecular complexity index is 277. The first-order valence-electron chi connectivity index (χ1n) is 4.31. The summed E-state index contributed by atoms with van der Waals surface area (Å²) in [5.74, 6) is 0. The molecular formula is C10H16N2O. The first kappa shape index (κ1) is 10.0. The molecular weight excluding hydrogens is 164 g/mol. The molecule has 1 rings (SSSR count). The van der Waals surface area contributed by atoms with Crippen molar-refractivity contribution in [2.45, 2.75) is 26.0 Å². The van der Waals surface area contributed by atoms with Gasteiger partial charge in [-0.1, -0.05) is 6.07 Å². The smallest absolute Gasteiger partial charge is 0.0704 e. The molecule has 2 atom stereocenters. The van der Waals surface area contributed by atoms with E-state index in [1.54, 1.807) is 13.0 Å².